The normalized spacial score (nSPS) is 11.3. The van der Waals surface area contributed by atoms with Gasteiger partial charge in [-0.3, -0.25) is 0 Å². The van der Waals surface area contributed by atoms with Crippen LogP contribution in [-0.2, 0) is 9.47 Å². The van der Waals surface area contributed by atoms with Gasteiger partial charge in [-0.25, -0.2) is 0 Å². The highest BCUT2D eigenvalue weighted by Crippen LogP contribution is 2.44. The minimum atomic E-state index is 0.229. The van der Waals surface area contributed by atoms with Gasteiger partial charge in [-0.2, -0.15) is 0 Å². The highest BCUT2D eigenvalue weighted by Gasteiger charge is 2.17. The average molecular weight is 437 g/mol. The first-order chi connectivity index (χ1) is 15.3. The lowest BCUT2D eigenvalue weighted by molar-refractivity contribution is 0.0411. The summed E-state index contributed by atoms with van der Waals surface area (Å²) in [6.45, 7) is 2.37. The Hall–Kier alpha value is -2.79. The molecule has 4 rings (SSSR count). The molecule has 4 aromatic rings. The summed E-state index contributed by atoms with van der Waals surface area (Å²) in [5, 5.41) is 15.0. The summed E-state index contributed by atoms with van der Waals surface area (Å²) in [6.07, 6.45) is 0. The third kappa shape index (κ3) is 4.93. The summed E-state index contributed by atoms with van der Waals surface area (Å²) >= 11 is 5.58. The van der Waals surface area contributed by atoms with Crippen LogP contribution in [0.1, 0.15) is 0 Å². The maximum absolute atomic E-state index is 10.9. The monoisotopic (exact) mass is 436 g/mol. The summed E-state index contributed by atoms with van der Waals surface area (Å²) in [6, 6.07) is 23.9. The van der Waals surface area contributed by atoms with Crippen LogP contribution in [0.25, 0.3) is 32.7 Å². The molecule has 4 nitrogen and oxygen atoms in total. The number of phenolic OH excluding ortho intramolecular Hbond substituents is 1. The first-order valence-corrected chi connectivity index (χ1v) is 10.9. The Morgan fingerprint density at radius 3 is 1.90 bits per heavy atom. The van der Waals surface area contributed by atoms with Crippen molar-refractivity contribution in [3.8, 4) is 22.6 Å². The van der Waals surface area contributed by atoms with Crippen LogP contribution in [-0.4, -0.2) is 44.0 Å². The molecule has 1 N–H and O–H groups in total. The third-order valence-electron chi connectivity index (χ3n) is 5.13. The van der Waals surface area contributed by atoms with Crippen molar-refractivity contribution in [2.45, 2.75) is 0 Å². The Balaban J connectivity index is 1.65. The largest absolute Gasteiger partial charge is 0.507 e. The first-order valence-electron chi connectivity index (χ1n) is 10.4. The molecule has 31 heavy (non-hydrogen) atoms. The van der Waals surface area contributed by atoms with Crippen LogP contribution in [0.4, 0.5) is 0 Å². The van der Waals surface area contributed by atoms with Crippen molar-refractivity contribution in [1.29, 1.82) is 0 Å². The van der Waals surface area contributed by atoms with Crippen molar-refractivity contribution in [1.82, 2.24) is 0 Å². The number of hydrogen-bond acceptors (Lipinski definition) is 4. The van der Waals surface area contributed by atoms with Crippen LogP contribution in [0.15, 0.2) is 72.8 Å². The molecule has 0 heterocycles. The zero-order chi connectivity index (χ0) is 21.5. The molecule has 0 aliphatic heterocycles. The van der Waals surface area contributed by atoms with Gasteiger partial charge in [0.2, 0.25) is 0 Å². The number of ether oxygens (including phenoxy) is 3. The van der Waals surface area contributed by atoms with Gasteiger partial charge in [0, 0.05) is 17.0 Å². The van der Waals surface area contributed by atoms with Crippen LogP contribution in [0.5, 0.6) is 11.5 Å². The van der Waals surface area contributed by atoms with E-state index in [0.29, 0.717) is 44.7 Å². The molecule has 5 heteroatoms. The van der Waals surface area contributed by atoms with E-state index in [9.17, 15) is 5.11 Å². The van der Waals surface area contributed by atoms with Gasteiger partial charge >= 0.3 is 0 Å². The molecular formula is C26H25ClO4. The average Bonchev–Trinajstić information content (AvgIpc) is 2.81. The van der Waals surface area contributed by atoms with Crippen LogP contribution in [0, 0.1) is 0 Å². The molecule has 0 aliphatic carbocycles. The third-order valence-corrected chi connectivity index (χ3v) is 5.28. The van der Waals surface area contributed by atoms with E-state index in [1.54, 1.807) is 6.07 Å². The van der Waals surface area contributed by atoms with E-state index in [4.69, 9.17) is 25.8 Å². The van der Waals surface area contributed by atoms with E-state index in [1.807, 2.05) is 54.6 Å². The number of aromatic hydroxyl groups is 1. The number of rotatable bonds is 10. The first kappa shape index (κ1) is 21.4. The number of hydrogen-bond donors (Lipinski definition) is 1. The molecule has 0 fully saturated rings. The van der Waals surface area contributed by atoms with Gasteiger partial charge in [0.05, 0.1) is 26.4 Å². The fourth-order valence-corrected chi connectivity index (χ4v) is 3.85. The predicted octanol–water partition coefficient (Wildman–Crippen LogP) is 6.02. The van der Waals surface area contributed by atoms with E-state index >= 15 is 0 Å². The van der Waals surface area contributed by atoms with Crippen molar-refractivity contribution < 1.29 is 19.3 Å². The lowest BCUT2D eigenvalue weighted by Gasteiger charge is -2.17. The molecule has 0 amide bonds. The smallest absolute Gasteiger partial charge is 0.128 e. The maximum Gasteiger partial charge on any atom is 0.128 e. The lowest BCUT2D eigenvalue weighted by Crippen LogP contribution is -2.11. The summed E-state index contributed by atoms with van der Waals surface area (Å²) in [5.41, 5.74) is 1.66. The lowest BCUT2D eigenvalue weighted by atomic mass is 9.92. The fourth-order valence-electron chi connectivity index (χ4n) is 3.74. The highest BCUT2D eigenvalue weighted by molar-refractivity contribution is 6.18. The number of benzene rings is 4. The Morgan fingerprint density at radius 1 is 0.613 bits per heavy atom. The van der Waals surface area contributed by atoms with Crippen molar-refractivity contribution in [2.24, 2.45) is 0 Å². The van der Waals surface area contributed by atoms with Crippen LogP contribution >= 0.6 is 11.6 Å². The van der Waals surface area contributed by atoms with Gasteiger partial charge in [-0.1, -0.05) is 60.7 Å². The number of halogens is 1. The van der Waals surface area contributed by atoms with Gasteiger partial charge in [0.25, 0.3) is 0 Å². The van der Waals surface area contributed by atoms with E-state index in [2.05, 4.69) is 12.1 Å². The Morgan fingerprint density at radius 2 is 1.19 bits per heavy atom. The Bertz CT molecular complexity index is 1160. The molecule has 0 spiro atoms. The van der Waals surface area contributed by atoms with Crippen molar-refractivity contribution >= 4 is 33.1 Å². The summed E-state index contributed by atoms with van der Waals surface area (Å²) in [7, 11) is 0. The van der Waals surface area contributed by atoms with Crippen molar-refractivity contribution in [3.63, 3.8) is 0 Å². The van der Waals surface area contributed by atoms with Gasteiger partial charge < -0.3 is 19.3 Å². The quantitative estimate of drug-likeness (QED) is 0.244. The standard InChI is InChI=1S/C26H25ClO4/c27-13-14-29-15-16-30-17-18-31-24-12-10-20-6-2-4-8-22(20)26(24)25-21-7-3-1-5-19(21)9-11-23(25)28/h1-12,28H,13-18H2. The molecule has 4 aromatic carbocycles. The molecule has 0 aliphatic rings. The molecule has 0 saturated carbocycles. The van der Waals surface area contributed by atoms with Crippen LogP contribution in [0.3, 0.4) is 0 Å². The second kappa shape index (κ2) is 10.5. The van der Waals surface area contributed by atoms with Gasteiger partial charge in [0.1, 0.15) is 18.1 Å². The number of fused-ring (bicyclic) bond motifs is 2. The molecular weight excluding hydrogens is 412 g/mol. The Labute approximate surface area is 186 Å². The summed E-state index contributed by atoms with van der Waals surface area (Å²) in [5.74, 6) is 1.43. The zero-order valence-corrected chi connectivity index (χ0v) is 18.0. The van der Waals surface area contributed by atoms with Crippen molar-refractivity contribution in [3.05, 3.63) is 72.8 Å². The molecule has 0 bridgehead atoms. The molecule has 0 atom stereocenters. The summed E-state index contributed by atoms with van der Waals surface area (Å²) in [4.78, 5) is 0. The predicted molar refractivity (Wildman–Crippen MR) is 126 cm³/mol. The highest BCUT2D eigenvalue weighted by atomic mass is 35.5. The molecule has 160 valence electrons. The topological polar surface area (TPSA) is 47.9 Å². The van der Waals surface area contributed by atoms with E-state index < -0.39 is 0 Å². The van der Waals surface area contributed by atoms with Gasteiger partial charge in [0.15, 0.2) is 0 Å². The van der Waals surface area contributed by atoms with Crippen molar-refractivity contribution in [2.75, 3.05) is 38.9 Å². The molecule has 0 radical (unpaired) electrons. The van der Waals surface area contributed by atoms with Gasteiger partial charge in [-0.15, -0.1) is 11.6 Å². The van der Waals surface area contributed by atoms with Crippen LogP contribution in [0.2, 0.25) is 0 Å². The zero-order valence-electron chi connectivity index (χ0n) is 17.2. The molecule has 0 saturated heterocycles. The van der Waals surface area contributed by atoms with Crippen LogP contribution < -0.4 is 4.74 Å². The maximum atomic E-state index is 10.9. The fraction of sp³-hybridized carbons (Fsp3) is 0.231. The number of alkyl halides is 1. The summed E-state index contributed by atoms with van der Waals surface area (Å²) < 4.78 is 17.0. The minimum absolute atomic E-state index is 0.229. The van der Waals surface area contributed by atoms with E-state index in [1.165, 1.54) is 0 Å². The second-order valence-electron chi connectivity index (χ2n) is 7.10. The van der Waals surface area contributed by atoms with E-state index in [-0.39, 0.29) is 5.75 Å². The molecule has 0 unspecified atom stereocenters. The minimum Gasteiger partial charge on any atom is -0.507 e. The van der Waals surface area contributed by atoms with Gasteiger partial charge in [-0.05, 0) is 33.7 Å². The number of phenols is 1. The second-order valence-corrected chi connectivity index (χ2v) is 7.48. The van der Waals surface area contributed by atoms with E-state index in [0.717, 1.165) is 32.7 Å². The molecule has 0 aromatic heterocycles. The SMILES string of the molecule is Oc1ccc2ccccc2c1-c1c(OCCOCCOCCCl)ccc2ccccc12. The Kier molecular flexibility index (Phi) is 7.26.